The number of nitrogens with one attached hydrogen (secondary N) is 1. The van der Waals surface area contributed by atoms with E-state index in [-0.39, 0.29) is 24.3 Å². The number of ether oxygens (including phenoxy) is 2. The van der Waals surface area contributed by atoms with Gasteiger partial charge in [0.25, 0.3) is 0 Å². The number of fused-ring (bicyclic) bond motifs is 1. The number of amides is 1. The molecular weight excluding hydrogens is 316 g/mol. The Morgan fingerprint density at radius 1 is 1.12 bits per heavy atom. The van der Waals surface area contributed by atoms with Crippen molar-refractivity contribution < 1.29 is 23.0 Å². The summed E-state index contributed by atoms with van der Waals surface area (Å²) in [7, 11) is 0. The zero-order valence-electron chi connectivity index (χ0n) is 12.9. The Balaban J connectivity index is 1.64. The fourth-order valence-electron chi connectivity index (χ4n) is 2.37. The predicted octanol–water partition coefficient (Wildman–Crippen LogP) is 3.58. The van der Waals surface area contributed by atoms with Crippen LogP contribution in [0.4, 0.5) is 8.78 Å². The van der Waals surface area contributed by atoms with Crippen molar-refractivity contribution >= 4 is 12.0 Å². The number of halogens is 2. The zero-order chi connectivity index (χ0) is 17.1. The van der Waals surface area contributed by atoms with Gasteiger partial charge in [0.15, 0.2) is 11.5 Å². The lowest BCUT2D eigenvalue weighted by Crippen LogP contribution is -2.24. The summed E-state index contributed by atoms with van der Waals surface area (Å²) in [6, 6.07) is 8.23. The standard InChI is InChI=1S/C18H15F2NO3/c1-11(13-3-4-16-17(8-13)24-10-23-16)21-18(22)5-2-12-6-14(19)9-15(20)7-12/h2-9,11H,10H2,1H3,(H,21,22). The molecule has 1 atom stereocenters. The minimum absolute atomic E-state index is 0.187. The van der Waals surface area contributed by atoms with Crippen LogP contribution >= 0.6 is 0 Å². The van der Waals surface area contributed by atoms with Gasteiger partial charge in [0.05, 0.1) is 6.04 Å². The summed E-state index contributed by atoms with van der Waals surface area (Å²) in [5, 5.41) is 2.78. The number of rotatable bonds is 4. The average molecular weight is 331 g/mol. The molecule has 0 saturated heterocycles. The highest BCUT2D eigenvalue weighted by molar-refractivity contribution is 5.92. The number of benzene rings is 2. The maximum absolute atomic E-state index is 13.1. The van der Waals surface area contributed by atoms with E-state index in [1.54, 1.807) is 12.1 Å². The molecule has 0 aliphatic carbocycles. The third kappa shape index (κ3) is 3.71. The highest BCUT2D eigenvalue weighted by atomic mass is 19.1. The van der Waals surface area contributed by atoms with Crippen LogP contribution in [-0.2, 0) is 4.79 Å². The number of hydrogen-bond donors (Lipinski definition) is 1. The molecule has 0 saturated carbocycles. The maximum atomic E-state index is 13.1. The van der Waals surface area contributed by atoms with Crippen LogP contribution < -0.4 is 14.8 Å². The largest absolute Gasteiger partial charge is 0.454 e. The Morgan fingerprint density at radius 2 is 1.83 bits per heavy atom. The van der Waals surface area contributed by atoms with Crippen LogP contribution in [0.1, 0.15) is 24.1 Å². The van der Waals surface area contributed by atoms with Crippen molar-refractivity contribution in [1.82, 2.24) is 5.32 Å². The molecule has 1 amide bonds. The molecular formula is C18H15F2NO3. The van der Waals surface area contributed by atoms with Gasteiger partial charge in [-0.15, -0.1) is 0 Å². The van der Waals surface area contributed by atoms with Gasteiger partial charge in [0, 0.05) is 12.1 Å². The van der Waals surface area contributed by atoms with Crippen molar-refractivity contribution in [2.75, 3.05) is 6.79 Å². The second-order valence-corrected chi connectivity index (χ2v) is 5.38. The third-order valence-corrected chi connectivity index (χ3v) is 3.57. The van der Waals surface area contributed by atoms with Crippen LogP contribution in [0.15, 0.2) is 42.5 Å². The van der Waals surface area contributed by atoms with Gasteiger partial charge < -0.3 is 14.8 Å². The quantitative estimate of drug-likeness (QED) is 0.871. The average Bonchev–Trinajstić information content (AvgIpc) is 2.99. The molecule has 1 unspecified atom stereocenters. The molecule has 1 N–H and O–H groups in total. The van der Waals surface area contributed by atoms with E-state index in [2.05, 4.69) is 5.32 Å². The van der Waals surface area contributed by atoms with Crippen LogP contribution in [-0.4, -0.2) is 12.7 Å². The van der Waals surface area contributed by atoms with Crippen molar-refractivity contribution in [3.8, 4) is 11.5 Å². The summed E-state index contributed by atoms with van der Waals surface area (Å²) in [4.78, 5) is 12.0. The molecule has 1 aliphatic heterocycles. The topological polar surface area (TPSA) is 47.6 Å². The first-order valence-corrected chi connectivity index (χ1v) is 7.35. The van der Waals surface area contributed by atoms with Crippen molar-refractivity contribution in [2.45, 2.75) is 13.0 Å². The third-order valence-electron chi connectivity index (χ3n) is 3.57. The fraction of sp³-hybridized carbons (Fsp3) is 0.167. The molecule has 0 fully saturated rings. The van der Waals surface area contributed by atoms with Crippen molar-refractivity contribution in [2.24, 2.45) is 0 Å². The minimum Gasteiger partial charge on any atom is -0.454 e. The number of carbonyl (C=O) groups is 1. The van der Waals surface area contributed by atoms with Crippen LogP contribution in [0.2, 0.25) is 0 Å². The second-order valence-electron chi connectivity index (χ2n) is 5.38. The van der Waals surface area contributed by atoms with Crippen LogP contribution in [0, 0.1) is 11.6 Å². The van der Waals surface area contributed by atoms with E-state index in [0.29, 0.717) is 11.5 Å². The lowest BCUT2D eigenvalue weighted by molar-refractivity contribution is -0.117. The lowest BCUT2D eigenvalue weighted by atomic mass is 10.1. The summed E-state index contributed by atoms with van der Waals surface area (Å²) >= 11 is 0. The van der Waals surface area contributed by atoms with Crippen molar-refractivity contribution in [3.63, 3.8) is 0 Å². The normalized spacial score (nSPS) is 14.0. The minimum atomic E-state index is -0.691. The van der Waals surface area contributed by atoms with Gasteiger partial charge in [-0.1, -0.05) is 6.07 Å². The Labute approximate surface area is 137 Å². The van der Waals surface area contributed by atoms with Crippen LogP contribution in [0.5, 0.6) is 11.5 Å². The van der Waals surface area contributed by atoms with E-state index in [1.165, 1.54) is 12.2 Å². The first-order chi connectivity index (χ1) is 11.5. The summed E-state index contributed by atoms with van der Waals surface area (Å²) in [5.74, 6) is -0.443. The predicted molar refractivity (Wildman–Crippen MR) is 84.5 cm³/mol. The molecule has 24 heavy (non-hydrogen) atoms. The smallest absolute Gasteiger partial charge is 0.244 e. The van der Waals surface area contributed by atoms with Crippen molar-refractivity contribution in [1.29, 1.82) is 0 Å². The highest BCUT2D eigenvalue weighted by Gasteiger charge is 2.16. The molecule has 124 valence electrons. The summed E-state index contributed by atoms with van der Waals surface area (Å²) in [5.41, 5.74) is 1.14. The summed E-state index contributed by atoms with van der Waals surface area (Å²) < 4.78 is 36.7. The van der Waals surface area contributed by atoms with E-state index in [9.17, 15) is 13.6 Å². The molecule has 0 bridgehead atoms. The van der Waals surface area contributed by atoms with Gasteiger partial charge in [0.2, 0.25) is 12.7 Å². The SMILES string of the molecule is CC(NC(=O)C=Cc1cc(F)cc(F)c1)c1ccc2c(c1)OCO2. The monoisotopic (exact) mass is 331 g/mol. The van der Waals surface area contributed by atoms with Gasteiger partial charge >= 0.3 is 0 Å². The van der Waals surface area contributed by atoms with Gasteiger partial charge in [-0.05, 0) is 48.4 Å². The van der Waals surface area contributed by atoms with E-state index in [1.807, 2.05) is 13.0 Å². The molecule has 2 aromatic carbocycles. The van der Waals surface area contributed by atoms with Crippen LogP contribution in [0.3, 0.4) is 0 Å². The van der Waals surface area contributed by atoms with E-state index >= 15 is 0 Å². The second kappa shape index (κ2) is 6.70. The van der Waals surface area contributed by atoms with Crippen LogP contribution in [0.25, 0.3) is 6.08 Å². The summed E-state index contributed by atoms with van der Waals surface area (Å²) in [6.07, 6.45) is 2.59. The number of hydrogen-bond acceptors (Lipinski definition) is 3. The van der Waals surface area contributed by atoms with E-state index in [4.69, 9.17) is 9.47 Å². The van der Waals surface area contributed by atoms with Gasteiger partial charge in [0.1, 0.15) is 11.6 Å². The molecule has 1 aliphatic rings. The summed E-state index contributed by atoms with van der Waals surface area (Å²) in [6.45, 7) is 2.01. The lowest BCUT2D eigenvalue weighted by Gasteiger charge is -2.13. The van der Waals surface area contributed by atoms with Gasteiger partial charge in [-0.25, -0.2) is 8.78 Å². The molecule has 4 nitrogen and oxygen atoms in total. The van der Waals surface area contributed by atoms with E-state index < -0.39 is 11.6 Å². The molecule has 2 aromatic rings. The van der Waals surface area contributed by atoms with Crippen molar-refractivity contribution in [3.05, 3.63) is 65.2 Å². The Kier molecular flexibility index (Phi) is 4.46. The maximum Gasteiger partial charge on any atom is 0.244 e. The molecule has 0 radical (unpaired) electrons. The first-order valence-electron chi connectivity index (χ1n) is 7.35. The van der Waals surface area contributed by atoms with Gasteiger partial charge in [-0.2, -0.15) is 0 Å². The fourth-order valence-corrected chi connectivity index (χ4v) is 2.37. The Hall–Kier alpha value is -2.89. The van der Waals surface area contributed by atoms with Gasteiger partial charge in [-0.3, -0.25) is 4.79 Å². The molecule has 6 heteroatoms. The molecule has 0 spiro atoms. The molecule has 0 aromatic heterocycles. The zero-order valence-corrected chi connectivity index (χ0v) is 12.9. The Bertz CT molecular complexity index is 785. The van der Waals surface area contributed by atoms with E-state index in [0.717, 1.165) is 23.8 Å². The highest BCUT2D eigenvalue weighted by Crippen LogP contribution is 2.34. The first kappa shape index (κ1) is 16.0. The number of carbonyl (C=O) groups excluding carboxylic acids is 1. The molecule has 3 rings (SSSR count). The Morgan fingerprint density at radius 3 is 2.58 bits per heavy atom. The molecule has 1 heterocycles.